The molecule has 0 amide bonds. The lowest BCUT2D eigenvalue weighted by atomic mass is 9.84. The fourth-order valence-electron chi connectivity index (χ4n) is 3.98. The zero-order valence-corrected chi connectivity index (χ0v) is 15.7. The van der Waals surface area contributed by atoms with Crippen molar-refractivity contribution < 1.29 is 14.3 Å². The number of allylic oxidation sites excluding steroid dienone is 2. The number of carbonyl (C=O) groups excluding carboxylic acids is 1. The highest BCUT2D eigenvalue weighted by molar-refractivity contribution is 6.08. The Morgan fingerprint density at radius 2 is 1.74 bits per heavy atom. The van der Waals surface area contributed by atoms with Crippen LogP contribution < -0.4 is 0 Å². The molecule has 3 rings (SSSR count). The minimum atomic E-state index is -0.998. The van der Waals surface area contributed by atoms with Gasteiger partial charge < -0.3 is 5.11 Å². The summed E-state index contributed by atoms with van der Waals surface area (Å²) in [5.41, 5.74) is 2.16. The maximum Gasteiger partial charge on any atom is 0.193 e. The second kappa shape index (κ2) is 9.09. The van der Waals surface area contributed by atoms with Crippen molar-refractivity contribution in [2.24, 2.45) is 5.92 Å². The Morgan fingerprint density at radius 1 is 1.07 bits per heavy atom. The highest BCUT2D eigenvalue weighted by Gasteiger charge is 2.42. The second-order valence-electron chi connectivity index (χ2n) is 7.32. The maximum atomic E-state index is 14.5. The lowest BCUT2D eigenvalue weighted by Crippen LogP contribution is -2.18. The molecule has 0 aliphatic heterocycles. The predicted molar refractivity (Wildman–Crippen MR) is 107 cm³/mol. The summed E-state index contributed by atoms with van der Waals surface area (Å²) in [6.07, 6.45) is 5.34. The number of rotatable bonds is 7. The molecule has 0 saturated heterocycles. The molecule has 142 valence electrons. The molecule has 0 bridgehead atoms. The van der Waals surface area contributed by atoms with Gasteiger partial charge in [0.2, 0.25) is 0 Å². The van der Waals surface area contributed by atoms with Crippen LogP contribution in [0.5, 0.6) is 0 Å². The molecule has 3 heteroatoms. The average molecular weight is 366 g/mol. The molecular formula is C24H27FO2. The first-order valence-electron chi connectivity index (χ1n) is 9.78. The first-order chi connectivity index (χ1) is 13.1. The molecule has 1 N–H and O–H groups in total. The minimum Gasteiger partial charge on any atom is -0.392 e. The van der Waals surface area contributed by atoms with E-state index in [2.05, 4.69) is 13.0 Å². The first kappa shape index (κ1) is 19.5. The van der Waals surface area contributed by atoms with Crippen molar-refractivity contribution in [3.63, 3.8) is 0 Å². The van der Waals surface area contributed by atoms with Crippen molar-refractivity contribution in [1.82, 2.24) is 0 Å². The SMILES string of the molecule is CCC/C=C\CC1C(c2ccc(C(=O)c3ccccc3)cc2)[C@H](O)C[C@H]1F. The van der Waals surface area contributed by atoms with E-state index in [1.54, 1.807) is 24.3 Å². The van der Waals surface area contributed by atoms with Crippen LogP contribution in [0.25, 0.3) is 0 Å². The smallest absolute Gasteiger partial charge is 0.193 e. The molecule has 27 heavy (non-hydrogen) atoms. The number of unbranched alkanes of at least 4 members (excludes halogenated alkanes) is 1. The quantitative estimate of drug-likeness (QED) is 0.521. The van der Waals surface area contributed by atoms with Gasteiger partial charge in [0.25, 0.3) is 0 Å². The lowest BCUT2D eigenvalue weighted by molar-refractivity contribution is 0.103. The Labute approximate surface area is 160 Å². The van der Waals surface area contributed by atoms with E-state index >= 15 is 0 Å². The molecule has 1 aliphatic carbocycles. The van der Waals surface area contributed by atoms with E-state index in [1.165, 1.54) is 0 Å². The summed E-state index contributed by atoms with van der Waals surface area (Å²) in [4.78, 5) is 12.5. The van der Waals surface area contributed by atoms with E-state index in [-0.39, 0.29) is 24.0 Å². The third-order valence-electron chi connectivity index (χ3n) is 5.43. The van der Waals surface area contributed by atoms with Gasteiger partial charge in [0.15, 0.2) is 5.78 Å². The molecule has 2 nitrogen and oxygen atoms in total. The van der Waals surface area contributed by atoms with Gasteiger partial charge in [-0.25, -0.2) is 4.39 Å². The van der Waals surface area contributed by atoms with E-state index < -0.39 is 12.3 Å². The number of alkyl halides is 1. The summed E-state index contributed by atoms with van der Waals surface area (Å²) in [7, 11) is 0. The van der Waals surface area contributed by atoms with Gasteiger partial charge in [-0.3, -0.25) is 4.79 Å². The molecule has 2 unspecified atom stereocenters. The van der Waals surface area contributed by atoms with Crippen molar-refractivity contribution in [3.05, 3.63) is 83.4 Å². The predicted octanol–water partition coefficient (Wildman–Crippen LogP) is 5.47. The average Bonchev–Trinajstić information content (AvgIpc) is 2.98. The number of carbonyl (C=O) groups is 1. The van der Waals surface area contributed by atoms with Crippen LogP contribution in [0.2, 0.25) is 0 Å². The largest absolute Gasteiger partial charge is 0.392 e. The Kier molecular flexibility index (Phi) is 6.57. The third-order valence-corrected chi connectivity index (χ3v) is 5.43. The molecule has 0 heterocycles. The summed E-state index contributed by atoms with van der Waals surface area (Å²) < 4.78 is 14.5. The number of aliphatic hydroxyl groups is 1. The summed E-state index contributed by atoms with van der Waals surface area (Å²) in [5.74, 6) is -0.479. The van der Waals surface area contributed by atoms with Crippen LogP contribution in [0.4, 0.5) is 4.39 Å². The molecule has 0 radical (unpaired) electrons. The number of halogens is 1. The standard InChI is InChI=1S/C24H27FO2/c1-2-3-4-8-11-20-21(25)16-22(26)23(20)17-12-14-19(15-13-17)24(27)18-9-6-5-7-10-18/h4-10,12-15,20-23,26H,2-3,11,16H2,1H3/b8-4-/t20?,21-,22-,23?/m1/s1. The Balaban J connectivity index is 1.77. The number of hydrogen-bond acceptors (Lipinski definition) is 2. The van der Waals surface area contributed by atoms with E-state index in [4.69, 9.17) is 0 Å². The van der Waals surface area contributed by atoms with Crippen LogP contribution >= 0.6 is 0 Å². The molecule has 0 aromatic heterocycles. The maximum absolute atomic E-state index is 14.5. The lowest BCUT2D eigenvalue weighted by Gasteiger charge is -2.22. The third kappa shape index (κ3) is 4.54. The molecule has 4 atom stereocenters. The molecule has 0 spiro atoms. The van der Waals surface area contributed by atoms with Gasteiger partial charge in [-0.05, 0) is 18.4 Å². The van der Waals surface area contributed by atoms with E-state index in [0.29, 0.717) is 17.5 Å². The zero-order chi connectivity index (χ0) is 19.2. The highest BCUT2D eigenvalue weighted by atomic mass is 19.1. The minimum absolute atomic E-state index is 0.0310. The molecule has 1 aliphatic rings. The highest BCUT2D eigenvalue weighted by Crippen LogP contribution is 2.43. The molecule has 2 aromatic rings. The Bertz CT molecular complexity index is 767. The van der Waals surface area contributed by atoms with Crippen molar-refractivity contribution >= 4 is 5.78 Å². The molecule has 1 saturated carbocycles. The first-order valence-corrected chi connectivity index (χ1v) is 9.78. The summed E-state index contributed by atoms with van der Waals surface area (Å²) >= 11 is 0. The van der Waals surface area contributed by atoms with Crippen molar-refractivity contribution in [2.45, 2.75) is 50.8 Å². The Hall–Kier alpha value is -2.26. The van der Waals surface area contributed by atoms with Gasteiger partial charge in [0.05, 0.1) is 6.10 Å². The van der Waals surface area contributed by atoms with E-state index in [1.807, 2.05) is 36.4 Å². The number of aliphatic hydroxyl groups excluding tert-OH is 1. The summed E-state index contributed by atoms with van der Waals surface area (Å²) in [6.45, 7) is 2.11. The van der Waals surface area contributed by atoms with E-state index in [0.717, 1.165) is 18.4 Å². The molecule has 2 aromatic carbocycles. The second-order valence-corrected chi connectivity index (χ2v) is 7.32. The van der Waals surface area contributed by atoms with Gasteiger partial charge in [-0.2, -0.15) is 0 Å². The zero-order valence-electron chi connectivity index (χ0n) is 15.7. The molecule has 1 fully saturated rings. The van der Waals surface area contributed by atoms with Gasteiger partial charge in [-0.15, -0.1) is 0 Å². The summed E-state index contributed by atoms with van der Waals surface area (Å²) in [5, 5.41) is 10.4. The van der Waals surface area contributed by atoms with Crippen molar-refractivity contribution in [1.29, 1.82) is 0 Å². The van der Waals surface area contributed by atoms with Gasteiger partial charge >= 0.3 is 0 Å². The van der Waals surface area contributed by atoms with Crippen LogP contribution in [0.15, 0.2) is 66.7 Å². The van der Waals surface area contributed by atoms with Crippen LogP contribution in [-0.2, 0) is 0 Å². The Morgan fingerprint density at radius 3 is 2.41 bits per heavy atom. The van der Waals surface area contributed by atoms with Gasteiger partial charge in [-0.1, -0.05) is 80.1 Å². The van der Waals surface area contributed by atoms with Crippen molar-refractivity contribution in [3.8, 4) is 0 Å². The molecular weight excluding hydrogens is 339 g/mol. The normalized spacial score (nSPS) is 25.1. The van der Waals surface area contributed by atoms with Crippen LogP contribution in [0, 0.1) is 5.92 Å². The topological polar surface area (TPSA) is 37.3 Å². The number of hydrogen-bond donors (Lipinski definition) is 1. The van der Waals surface area contributed by atoms with Gasteiger partial charge in [0.1, 0.15) is 6.17 Å². The van der Waals surface area contributed by atoms with Crippen LogP contribution in [-0.4, -0.2) is 23.2 Å². The number of ketones is 1. The van der Waals surface area contributed by atoms with Gasteiger partial charge in [0, 0.05) is 29.4 Å². The van der Waals surface area contributed by atoms with Crippen LogP contribution in [0.3, 0.4) is 0 Å². The fourth-order valence-corrected chi connectivity index (χ4v) is 3.98. The van der Waals surface area contributed by atoms with E-state index in [9.17, 15) is 14.3 Å². The monoisotopic (exact) mass is 366 g/mol. The van der Waals surface area contributed by atoms with Crippen molar-refractivity contribution in [2.75, 3.05) is 0 Å². The number of benzene rings is 2. The fraction of sp³-hybridized carbons (Fsp3) is 0.375. The van der Waals surface area contributed by atoms with Crippen LogP contribution in [0.1, 0.15) is 60.0 Å². The summed E-state index contributed by atoms with van der Waals surface area (Å²) in [6, 6.07) is 16.5.